The molecule has 0 aliphatic rings. The highest BCUT2D eigenvalue weighted by molar-refractivity contribution is 5.50. The fourth-order valence-electron chi connectivity index (χ4n) is 2.09. The number of anilines is 1. The number of nitrogens with one attached hydrogen (secondary N) is 1. The van der Waals surface area contributed by atoms with E-state index in [-0.39, 0.29) is 11.0 Å². The Hall–Kier alpha value is -1.02. The maximum atomic E-state index is 3.25. The zero-order valence-corrected chi connectivity index (χ0v) is 13.0. The van der Waals surface area contributed by atoms with Gasteiger partial charge in [0.05, 0.1) is 0 Å². The molecule has 0 aliphatic heterocycles. The van der Waals surface area contributed by atoms with E-state index < -0.39 is 0 Å². The molecule has 0 bridgehead atoms. The second kappa shape index (κ2) is 5.31. The molecular weight excluding hydrogens is 220 g/mol. The normalized spacial score (nSPS) is 12.6. The van der Waals surface area contributed by atoms with Crippen molar-refractivity contribution in [2.24, 2.45) is 0 Å². The Kier molecular flexibility index (Phi) is 4.44. The van der Waals surface area contributed by atoms with Crippen molar-refractivity contribution in [3.8, 4) is 0 Å². The van der Waals surface area contributed by atoms with E-state index in [1.165, 1.54) is 11.3 Å². The number of rotatable bonds is 4. The molecule has 0 saturated carbocycles. The van der Waals surface area contributed by atoms with E-state index in [2.05, 4.69) is 76.1 Å². The Labute approximate surface area is 112 Å². The molecule has 1 N–H and O–H groups in total. The molecular formula is C16H28N2. The van der Waals surface area contributed by atoms with Gasteiger partial charge < -0.3 is 10.2 Å². The van der Waals surface area contributed by atoms with Crippen molar-refractivity contribution >= 4 is 5.69 Å². The zero-order chi connectivity index (χ0) is 14.0. The van der Waals surface area contributed by atoms with E-state index in [1.807, 2.05) is 7.05 Å². The third kappa shape index (κ3) is 3.49. The molecule has 0 atom stereocenters. The molecule has 0 amide bonds. The molecule has 0 saturated heterocycles. The highest BCUT2D eigenvalue weighted by atomic mass is 15.2. The summed E-state index contributed by atoms with van der Waals surface area (Å²) in [5.74, 6) is 0. The van der Waals surface area contributed by atoms with Crippen LogP contribution >= 0.6 is 0 Å². The van der Waals surface area contributed by atoms with Gasteiger partial charge in [-0.25, -0.2) is 0 Å². The van der Waals surface area contributed by atoms with Gasteiger partial charge in [0.1, 0.15) is 0 Å². The molecule has 0 heterocycles. The minimum atomic E-state index is 0.109. The summed E-state index contributed by atoms with van der Waals surface area (Å²) in [6.07, 6.45) is 0. The van der Waals surface area contributed by atoms with Gasteiger partial charge in [0, 0.05) is 24.8 Å². The lowest BCUT2D eigenvalue weighted by atomic mass is 9.87. The van der Waals surface area contributed by atoms with Gasteiger partial charge in [0.25, 0.3) is 0 Å². The van der Waals surface area contributed by atoms with Crippen LogP contribution in [0.1, 0.15) is 40.2 Å². The maximum absolute atomic E-state index is 3.25. The van der Waals surface area contributed by atoms with Gasteiger partial charge in [-0.1, -0.05) is 32.9 Å². The van der Waals surface area contributed by atoms with Crippen LogP contribution < -0.4 is 10.2 Å². The summed E-state index contributed by atoms with van der Waals surface area (Å²) in [4.78, 5) is 2.33. The van der Waals surface area contributed by atoms with Crippen LogP contribution in [-0.4, -0.2) is 26.2 Å². The molecule has 2 nitrogen and oxygen atoms in total. The number of hydrogen-bond acceptors (Lipinski definition) is 2. The number of nitrogens with zero attached hydrogens (tertiary/aromatic N) is 1. The minimum absolute atomic E-state index is 0.109. The van der Waals surface area contributed by atoms with Gasteiger partial charge in [-0.3, -0.25) is 0 Å². The third-order valence-corrected chi connectivity index (χ3v) is 3.64. The van der Waals surface area contributed by atoms with Crippen LogP contribution in [0.2, 0.25) is 0 Å². The van der Waals surface area contributed by atoms with Crippen molar-refractivity contribution in [2.75, 3.05) is 25.5 Å². The molecule has 2 heteroatoms. The zero-order valence-electron chi connectivity index (χ0n) is 13.0. The predicted molar refractivity (Wildman–Crippen MR) is 81.6 cm³/mol. The van der Waals surface area contributed by atoms with Crippen molar-refractivity contribution in [1.82, 2.24) is 5.32 Å². The van der Waals surface area contributed by atoms with Crippen LogP contribution in [0.4, 0.5) is 5.69 Å². The van der Waals surface area contributed by atoms with Crippen LogP contribution in [0.3, 0.4) is 0 Å². The first kappa shape index (κ1) is 15.0. The van der Waals surface area contributed by atoms with Crippen LogP contribution in [0.5, 0.6) is 0 Å². The average molecular weight is 248 g/mol. The van der Waals surface area contributed by atoms with Crippen molar-refractivity contribution in [1.29, 1.82) is 0 Å². The average Bonchev–Trinajstić information content (AvgIpc) is 2.27. The molecule has 0 radical (unpaired) electrons. The smallest absolute Gasteiger partial charge is 0.0466 e. The summed E-state index contributed by atoms with van der Waals surface area (Å²) in [5.41, 5.74) is 2.98. The van der Waals surface area contributed by atoms with E-state index in [0.717, 1.165) is 6.54 Å². The number of hydrogen-bond donors (Lipinski definition) is 1. The summed E-state index contributed by atoms with van der Waals surface area (Å²) >= 11 is 0. The Balaban J connectivity index is 2.92. The van der Waals surface area contributed by atoms with Gasteiger partial charge in [-0.05, 0) is 44.0 Å². The van der Waals surface area contributed by atoms with Crippen LogP contribution in [0.15, 0.2) is 24.3 Å². The van der Waals surface area contributed by atoms with E-state index in [9.17, 15) is 0 Å². The van der Waals surface area contributed by atoms with Gasteiger partial charge in [-0.15, -0.1) is 0 Å². The Bertz CT molecular complexity index is 371. The lowest BCUT2D eigenvalue weighted by Crippen LogP contribution is -2.48. The molecule has 18 heavy (non-hydrogen) atoms. The molecule has 0 aromatic heterocycles. The van der Waals surface area contributed by atoms with Crippen molar-refractivity contribution < 1.29 is 0 Å². The number of likely N-dealkylation sites (N-methyl/N-ethyl adjacent to an activating group) is 2. The summed E-state index contributed by atoms with van der Waals surface area (Å²) in [6, 6.07) is 8.92. The lowest BCUT2D eigenvalue weighted by Gasteiger charge is -2.37. The molecule has 0 fully saturated rings. The fourth-order valence-corrected chi connectivity index (χ4v) is 2.09. The van der Waals surface area contributed by atoms with Gasteiger partial charge in [0.15, 0.2) is 0 Å². The Morgan fingerprint density at radius 3 is 1.89 bits per heavy atom. The summed E-state index contributed by atoms with van der Waals surface area (Å²) in [7, 11) is 4.15. The highest BCUT2D eigenvalue weighted by Gasteiger charge is 2.23. The molecule has 102 valence electrons. The van der Waals surface area contributed by atoms with Crippen LogP contribution in [-0.2, 0) is 5.41 Å². The van der Waals surface area contributed by atoms with Gasteiger partial charge in [0.2, 0.25) is 0 Å². The fraction of sp³-hybridized carbons (Fsp3) is 0.625. The van der Waals surface area contributed by atoms with Crippen molar-refractivity contribution in [3.05, 3.63) is 29.8 Å². The van der Waals surface area contributed by atoms with Crippen LogP contribution in [0.25, 0.3) is 0 Å². The largest absolute Gasteiger partial charge is 0.368 e. The second-order valence-electron chi connectivity index (χ2n) is 6.70. The lowest BCUT2D eigenvalue weighted by molar-refractivity contribution is 0.463. The van der Waals surface area contributed by atoms with E-state index in [4.69, 9.17) is 0 Å². The molecule has 0 unspecified atom stereocenters. The van der Waals surface area contributed by atoms with E-state index in [1.54, 1.807) is 0 Å². The third-order valence-electron chi connectivity index (χ3n) is 3.64. The molecule has 1 rings (SSSR count). The summed E-state index contributed by atoms with van der Waals surface area (Å²) in [5, 5.41) is 3.25. The predicted octanol–water partition coefficient (Wildman–Crippen LogP) is 3.42. The standard InChI is InChI=1S/C16H28N2/c1-15(2,3)13-8-10-14(11-9-13)18(7)16(4,5)12-17-6/h8-11,17H,12H2,1-7H3. The molecule has 0 aliphatic carbocycles. The maximum Gasteiger partial charge on any atom is 0.0466 e. The van der Waals surface area contributed by atoms with Crippen LogP contribution in [0, 0.1) is 0 Å². The molecule has 1 aromatic rings. The molecule has 0 spiro atoms. The summed E-state index contributed by atoms with van der Waals surface area (Å²) in [6.45, 7) is 12.2. The SMILES string of the molecule is CNCC(C)(C)N(C)c1ccc(C(C)(C)C)cc1. The first-order chi connectivity index (χ1) is 8.18. The van der Waals surface area contributed by atoms with Crippen molar-refractivity contribution in [2.45, 2.75) is 45.6 Å². The second-order valence-corrected chi connectivity index (χ2v) is 6.70. The molecule has 1 aromatic carbocycles. The van der Waals surface area contributed by atoms with E-state index >= 15 is 0 Å². The Morgan fingerprint density at radius 1 is 1.00 bits per heavy atom. The highest BCUT2D eigenvalue weighted by Crippen LogP contribution is 2.27. The minimum Gasteiger partial charge on any atom is -0.368 e. The van der Waals surface area contributed by atoms with Gasteiger partial charge in [-0.2, -0.15) is 0 Å². The van der Waals surface area contributed by atoms with E-state index in [0.29, 0.717) is 0 Å². The monoisotopic (exact) mass is 248 g/mol. The number of benzene rings is 1. The summed E-state index contributed by atoms with van der Waals surface area (Å²) < 4.78 is 0. The quantitative estimate of drug-likeness (QED) is 0.878. The first-order valence-corrected chi connectivity index (χ1v) is 6.67. The first-order valence-electron chi connectivity index (χ1n) is 6.67. The van der Waals surface area contributed by atoms with Gasteiger partial charge >= 0.3 is 0 Å². The Morgan fingerprint density at radius 2 is 1.50 bits per heavy atom. The topological polar surface area (TPSA) is 15.3 Å². The van der Waals surface area contributed by atoms with Crippen molar-refractivity contribution in [3.63, 3.8) is 0 Å².